The monoisotopic (exact) mass is 368 g/mol. The Bertz CT molecular complexity index is 990. The molecule has 9 nitrogen and oxygen atoms in total. The minimum Gasteiger partial charge on any atom is -0.321 e. The average molecular weight is 368 g/mol. The van der Waals surface area contributed by atoms with Crippen LogP contribution in [0.25, 0.3) is 0 Å². The molecule has 0 saturated heterocycles. The van der Waals surface area contributed by atoms with E-state index >= 15 is 0 Å². The predicted molar refractivity (Wildman–Crippen MR) is 99.5 cm³/mol. The Kier molecular flexibility index (Phi) is 5.02. The van der Waals surface area contributed by atoms with Crippen molar-refractivity contribution >= 4 is 17.3 Å². The van der Waals surface area contributed by atoms with Gasteiger partial charge in [-0.25, -0.2) is 0 Å². The van der Waals surface area contributed by atoms with Gasteiger partial charge in [-0.05, 0) is 26.3 Å². The van der Waals surface area contributed by atoms with E-state index in [9.17, 15) is 14.9 Å². The number of nitro groups is 1. The molecule has 0 radical (unpaired) electrons. The molecule has 0 unspecified atom stereocenters. The number of nitrogens with zero attached hydrogens (tertiary/aromatic N) is 5. The van der Waals surface area contributed by atoms with Gasteiger partial charge in [0.1, 0.15) is 18.4 Å². The van der Waals surface area contributed by atoms with Gasteiger partial charge in [0.05, 0.1) is 28.5 Å². The lowest BCUT2D eigenvalue weighted by Gasteiger charge is -2.07. The Morgan fingerprint density at radius 3 is 2.48 bits per heavy atom. The van der Waals surface area contributed by atoms with Crippen molar-refractivity contribution in [3.63, 3.8) is 0 Å². The summed E-state index contributed by atoms with van der Waals surface area (Å²) in [5, 5.41) is 22.2. The van der Waals surface area contributed by atoms with Gasteiger partial charge in [-0.2, -0.15) is 10.2 Å². The first-order valence-electron chi connectivity index (χ1n) is 8.41. The summed E-state index contributed by atoms with van der Waals surface area (Å²) in [6.45, 7) is 5.74. The second-order valence-corrected chi connectivity index (χ2v) is 6.29. The highest BCUT2D eigenvalue weighted by atomic mass is 16.6. The van der Waals surface area contributed by atoms with Crippen LogP contribution in [-0.2, 0) is 17.9 Å². The molecule has 0 spiro atoms. The van der Waals surface area contributed by atoms with Crippen LogP contribution in [0.15, 0.2) is 36.5 Å². The van der Waals surface area contributed by atoms with E-state index in [1.54, 1.807) is 0 Å². The minimum atomic E-state index is -0.515. The SMILES string of the molecule is Cc1nn(CC(=O)Nc2c(C)nn(Cc3ccccc3)c2C)cc1[N+](=O)[O-]. The number of aromatic nitrogens is 4. The van der Waals surface area contributed by atoms with Gasteiger partial charge >= 0.3 is 5.69 Å². The molecule has 0 saturated carbocycles. The maximum absolute atomic E-state index is 12.4. The Morgan fingerprint density at radius 1 is 1.15 bits per heavy atom. The normalized spacial score (nSPS) is 10.8. The van der Waals surface area contributed by atoms with Crippen molar-refractivity contribution in [2.75, 3.05) is 5.32 Å². The molecule has 2 aromatic heterocycles. The van der Waals surface area contributed by atoms with E-state index in [1.807, 2.05) is 48.9 Å². The lowest BCUT2D eigenvalue weighted by molar-refractivity contribution is -0.385. The summed E-state index contributed by atoms with van der Waals surface area (Å²) in [5.74, 6) is -0.321. The third kappa shape index (κ3) is 4.02. The number of aryl methyl sites for hydroxylation is 2. The topological polar surface area (TPSA) is 108 Å². The molecule has 140 valence electrons. The van der Waals surface area contributed by atoms with Crippen molar-refractivity contribution in [3.8, 4) is 0 Å². The van der Waals surface area contributed by atoms with Crippen LogP contribution in [0.1, 0.15) is 22.6 Å². The molecule has 0 aliphatic carbocycles. The summed E-state index contributed by atoms with van der Waals surface area (Å²) >= 11 is 0. The number of hydrogen-bond donors (Lipinski definition) is 1. The van der Waals surface area contributed by atoms with E-state index in [1.165, 1.54) is 17.8 Å². The zero-order valence-electron chi connectivity index (χ0n) is 15.3. The molecule has 27 heavy (non-hydrogen) atoms. The molecule has 3 rings (SSSR count). The zero-order chi connectivity index (χ0) is 19.6. The van der Waals surface area contributed by atoms with Crippen molar-refractivity contribution in [1.29, 1.82) is 0 Å². The van der Waals surface area contributed by atoms with Crippen LogP contribution in [0.2, 0.25) is 0 Å². The van der Waals surface area contributed by atoms with Crippen LogP contribution in [-0.4, -0.2) is 30.4 Å². The summed E-state index contributed by atoms with van der Waals surface area (Å²) in [7, 11) is 0. The van der Waals surface area contributed by atoms with E-state index < -0.39 is 4.92 Å². The fourth-order valence-corrected chi connectivity index (χ4v) is 2.88. The first-order chi connectivity index (χ1) is 12.8. The van der Waals surface area contributed by atoms with Crippen LogP contribution in [0.5, 0.6) is 0 Å². The van der Waals surface area contributed by atoms with Gasteiger partial charge in [0.25, 0.3) is 0 Å². The lowest BCUT2D eigenvalue weighted by Crippen LogP contribution is -2.20. The zero-order valence-corrected chi connectivity index (χ0v) is 15.3. The number of carbonyl (C=O) groups is 1. The van der Waals surface area contributed by atoms with Crippen LogP contribution < -0.4 is 5.32 Å². The number of rotatable bonds is 6. The second kappa shape index (κ2) is 7.40. The number of carbonyl (C=O) groups excluding carboxylic acids is 1. The predicted octanol–water partition coefficient (Wildman–Crippen LogP) is 2.60. The van der Waals surface area contributed by atoms with Crippen LogP contribution in [0, 0.1) is 30.9 Å². The van der Waals surface area contributed by atoms with Crippen molar-refractivity contribution in [2.45, 2.75) is 33.9 Å². The van der Waals surface area contributed by atoms with Crippen LogP contribution >= 0.6 is 0 Å². The van der Waals surface area contributed by atoms with Gasteiger partial charge in [0.15, 0.2) is 0 Å². The summed E-state index contributed by atoms with van der Waals surface area (Å²) in [4.78, 5) is 22.7. The lowest BCUT2D eigenvalue weighted by atomic mass is 10.2. The summed E-state index contributed by atoms with van der Waals surface area (Å²) in [6.07, 6.45) is 1.26. The van der Waals surface area contributed by atoms with E-state index in [-0.39, 0.29) is 23.8 Å². The molecule has 0 aliphatic heterocycles. The first-order valence-corrected chi connectivity index (χ1v) is 8.41. The number of amides is 1. The summed E-state index contributed by atoms with van der Waals surface area (Å²) in [6, 6.07) is 9.92. The second-order valence-electron chi connectivity index (χ2n) is 6.29. The van der Waals surface area contributed by atoms with Crippen molar-refractivity contribution in [1.82, 2.24) is 19.6 Å². The molecule has 0 fully saturated rings. The fraction of sp³-hybridized carbons (Fsp3) is 0.278. The Hall–Kier alpha value is -3.49. The molecule has 1 N–H and O–H groups in total. The first kappa shape index (κ1) is 18.3. The highest BCUT2D eigenvalue weighted by Gasteiger charge is 2.18. The maximum Gasteiger partial charge on any atom is 0.309 e. The summed E-state index contributed by atoms with van der Waals surface area (Å²) < 4.78 is 3.10. The van der Waals surface area contributed by atoms with E-state index in [0.29, 0.717) is 17.9 Å². The van der Waals surface area contributed by atoms with E-state index in [2.05, 4.69) is 15.5 Å². The maximum atomic E-state index is 12.4. The molecule has 2 heterocycles. The van der Waals surface area contributed by atoms with Crippen LogP contribution in [0.4, 0.5) is 11.4 Å². The number of hydrogen-bond acceptors (Lipinski definition) is 5. The van der Waals surface area contributed by atoms with Crippen molar-refractivity contribution in [2.24, 2.45) is 0 Å². The molecule has 1 aromatic carbocycles. The molecule has 0 atom stereocenters. The van der Waals surface area contributed by atoms with Crippen LogP contribution in [0.3, 0.4) is 0 Å². The van der Waals surface area contributed by atoms with Gasteiger partial charge in [0, 0.05) is 0 Å². The van der Waals surface area contributed by atoms with Gasteiger partial charge in [-0.1, -0.05) is 30.3 Å². The highest BCUT2D eigenvalue weighted by Crippen LogP contribution is 2.21. The highest BCUT2D eigenvalue weighted by molar-refractivity contribution is 5.91. The van der Waals surface area contributed by atoms with E-state index in [0.717, 1.165) is 11.3 Å². The van der Waals surface area contributed by atoms with Crippen molar-refractivity contribution < 1.29 is 9.72 Å². The number of anilines is 1. The smallest absolute Gasteiger partial charge is 0.309 e. The standard InChI is InChI=1S/C18H20N6O3/c1-12-16(24(26)27)10-22(20-12)11-17(25)19-18-13(2)21-23(14(18)3)9-15-7-5-4-6-8-15/h4-8,10H,9,11H2,1-3H3,(H,19,25). The largest absolute Gasteiger partial charge is 0.321 e. The molecule has 0 aliphatic rings. The molecular weight excluding hydrogens is 348 g/mol. The number of benzene rings is 1. The Morgan fingerprint density at radius 2 is 1.85 bits per heavy atom. The third-order valence-electron chi connectivity index (χ3n) is 4.24. The molecule has 9 heteroatoms. The quantitative estimate of drug-likeness (QED) is 0.531. The van der Waals surface area contributed by atoms with Gasteiger partial charge in [-0.15, -0.1) is 0 Å². The molecule has 3 aromatic rings. The minimum absolute atomic E-state index is 0.106. The Balaban J connectivity index is 1.72. The molecular formula is C18H20N6O3. The molecule has 1 amide bonds. The Labute approximate surface area is 155 Å². The number of nitrogens with one attached hydrogen (secondary N) is 1. The fourth-order valence-electron chi connectivity index (χ4n) is 2.88. The third-order valence-corrected chi connectivity index (χ3v) is 4.24. The van der Waals surface area contributed by atoms with E-state index in [4.69, 9.17) is 0 Å². The molecule has 0 bridgehead atoms. The van der Waals surface area contributed by atoms with Gasteiger partial charge in [0.2, 0.25) is 5.91 Å². The van der Waals surface area contributed by atoms with Crippen molar-refractivity contribution in [3.05, 3.63) is 69.3 Å². The van der Waals surface area contributed by atoms with Gasteiger partial charge in [-0.3, -0.25) is 24.3 Å². The summed E-state index contributed by atoms with van der Waals surface area (Å²) in [5.41, 5.74) is 3.48. The van der Waals surface area contributed by atoms with Gasteiger partial charge < -0.3 is 5.32 Å². The average Bonchev–Trinajstić information content (AvgIpc) is 3.10.